The molecule has 5 atom stereocenters. The van der Waals surface area contributed by atoms with Gasteiger partial charge in [0.25, 0.3) is 11.1 Å². The molecule has 3 aromatic carbocycles. The largest absolute Gasteiger partial charge is 0.455 e. The molecule has 228 valence electrons. The van der Waals surface area contributed by atoms with Crippen molar-refractivity contribution in [2.45, 2.75) is 75.5 Å². The number of carbonyl (C=O) groups is 2. The smallest absolute Gasteiger partial charge is 0.339 e. The molecule has 6 nitrogen and oxygen atoms in total. The number of ether oxygens (including phenoxy) is 1. The van der Waals surface area contributed by atoms with Crippen LogP contribution < -0.4 is 5.32 Å². The van der Waals surface area contributed by atoms with Crippen molar-refractivity contribution in [2.24, 2.45) is 28.6 Å². The molecule has 3 fully saturated rings. The number of para-hydroxylation sites is 2. The van der Waals surface area contributed by atoms with E-state index in [4.69, 9.17) is 20.8 Å². The second kappa shape index (κ2) is 10.7. The van der Waals surface area contributed by atoms with E-state index in [-0.39, 0.29) is 17.2 Å². The molecule has 2 bridgehead atoms. The molecule has 1 spiro atoms. The average molecular weight is 629 g/mol. The van der Waals surface area contributed by atoms with Crippen LogP contribution >= 0.6 is 23.4 Å². The number of amides is 1. The Morgan fingerprint density at radius 3 is 2.52 bits per heavy atom. The van der Waals surface area contributed by atoms with Crippen LogP contribution in [0.3, 0.4) is 0 Å². The topological polar surface area (TPSA) is 81.4 Å². The molecule has 44 heavy (non-hydrogen) atoms. The fraction of sp³-hybridized carbons (Fsp3) is 0.417. The standard InChI is InChI=1S/C36H37ClN2O4S/c1-21-14-15-29-34(2,3)30-20-36(21,29)17-16-35(30,4)43-32(41)23-18-26(38-31(40)22-10-6-5-7-11-22)24(37)19-28(23)44-33-39-25-12-8-9-13-27(25)42-33/h5-13,18-19,21,29-30H,14-17,20H2,1-4H3,(H,38,40)/t21-,29+,30-,35-,36+/m1/s1. The number of nitrogens with one attached hydrogen (secondary N) is 1. The molecular weight excluding hydrogens is 592 g/mol. The van der Waals surface area contributed by atoms with E-state index in [0.717, 1.165) is 24.8 Å². The molecule has 0 unspecified atom stereocenters. The summed E-state index contributed by atoms with van der Waals surface area (Å²) in [6.07, 6.45) is 5.55. The van der Waals surface area contributed by atoms with Crippen LogP contribution in [-0.2, 0) is 4.74 Å². The van der Waals surface area contributed by atoms with Gasteiger partial charge in [-0.25, -0.2) is 9.78 Å². The molecule has 3 aliphatic rings. The van der Waals surface area contributed by atoms with Crippen LogP contribution in [0.2, 0.25) is 5.02 Å². The van der Waals surface area contributed by atoms with Gasteiger partial charge >= 0.3 is 5.97 Å². The number of esters is 1. The molecule has 3 aliphatic carbocycles. The minimum absolute atomic E-state index is 0.0703. The number of nitrogens with zero attached hydrogens (tertiary/aromatic N) is 1. The summed E-state index contributed by atoms with van der Waals surface area (Å²) in [6, 6.07) is 19.7. The van der Waals surface area contributed by atoms with E-state index in [1.54, 1.807) is 36.4 Å². The van der Waals surface area contributed by atoms with Gasteiger partial charge in [0.2, 0.25) is 0 Å². The number of fused-ring (bicyclic) bond motifs is 2. The van der Waals surface area contributed by atoms with Crippen LogP contribution in [0.4, 0.5) is 5.69 Å². The van der Waals surface area contributed by atoms with Crippen molar-refractivity contribution in [1.82, 2.24) is 4.98 Å². The van der Waals surface area contributed by atoms with Crippen molar-refractivity contribution in [3.8, 4) is 0 Å². The van der Waals surface area contributed by atoms with Crippen molar-refractivity contribution in [2.75, 3.05) is 5.32 Å². The highest BCUT2D eigenvalue weighted by atomic mass is 35.5. The lowest BCUT2D eigenvalue weighted by atomic mass is 9.64. The molecule has 0 aliphatic heterocycles. The van der Waals surface area contributed by atoms with E-state index in [1.807, 2.05) is 30.3 Å². The predicted octanol–water partition coefficient (Wildman–Crippen LogP) is 9.67. The Morgan fingerprint density at radius 2 is 1.75 bits per heavy atom. The zero-order valence-electron chi connectivity index (χ0n) is 25.5. The van der Waals surface area contributed by atoms with Crippen molar-refractivity contribution in [1.29, 1.82) is 0 Å². The summed E-state index contributed by atoms with van der Waals surface area (Å²) in [5.74, 6) is 0.858. The molecule has 7 rings (SSSR count). The molecule has 1 N–H and O–H groups in total. The third-order valence-electron chi connectivity index (χ3n) is 11.1. The summed E-state index contributed by atoms with van der Waals surface area (Å²) in [5, 5.41) is 3.58. The van der Waals surface area contributed by atoms with Crippen LogP contribution in [0.1, 0.15) is 80.5 Å². The number of aromatic nitrogens is 1. The van der Waals surface area contributed by atoms with Crippen molar-refractivity contribution >= 4 is 52.0 Å². The third-order valence-corrected chi connectivity index (χ3v) is 12.4. The minimum atomic E-state index is -0.609. The van der Waals surface area contributed by atoms with Crippen LogP contribution in [0.5, 0.6) is 0 Å². The quantitative estimate of drug-likeness (QED) is 0.214. The van der Waals surface area contributed by atoms with Gasteiger partial charge in [-0.15, -0.1) is 0 Å². The van der Waals surface area contributed by atoms with Gasteiger partial charge in [0, 0.05) is 16.4 Å². The Bertz CT molecular complexity index is 1740. The van der Waals surface area contributed by atoms with Gasteiger partial charge in [-0.3, -0.25) is 4.79 Å². The van der Waals surface area contributed by atoms with E-state index >= 15 is 0 Å². The highest BCUT2D eigenvalue weighted by molar-refractivity contribution is 7.99. The molecule has 0 saturated heterocycles. The van der Waals surface area contributed by atoms with Gasteiger partial charge < -0.3 is 14.5 Å². The van der Waals surface area contributed by atoms with E-state index in [1.165, 1.54) is 24.6 Å². The molecular formula is C36H37ClN2O4S. The zero-order chi connectivity index (χ0) is 30.9. The van der Waals surface area contributed by atoms with Gasteiger partial charge in [-0.05, 0) is 110 Å². The summed E-state index contributed by atoms with van der Waals surface area (Å²) >= 11 is 7.95. The average Bonchev–Trinajstić information content (AvgIpc) is 3.62. The van der Waals surface area contributed by atoms with Crippen molar-refractivity contribution in [3.05, 3.63) is 82.9 Å². The third kappa shape index (κ3) is 4.74. The first-order valence-corrected chi connectivity index (χ1v) is 16.7. The summed E-state index contributed by atoms with van der Waals surface area (Å²) in [4.78, 5) is 32.5. The summed E-state index contributed by atoms with van der Waals surface area (Å²) in [7, 11) is 0. The van der Waals surface area contributed by atoms with Crippen LogP contribution in [0, 0.1) is 28.6 Å². The molecule has 1 heterocycles. The maximum absolute atomic E-state index is 14.3. The summed E-state index contributed by atoms with van der Waals surface area (Å²) in [5.41, 5.74) is 2.34. The van der Waals surface area contributed by atoms with Crippen LogP contribution in [0.25, 0.3) is 11.1 Å². The minimum Gasteiger partial charge on any atom is -0.455 e. The second-order valence-electron chi connectivity index (χ2n) is 13.7. The SMILES string of the molecule is C[C@@H]1CC[C@H]2C(C)(C)[C@H]3C[C@@]12CC[C@@]3(C)OC(=O)c1cc(NC(=O)c2ccccc2)c(Cl)cc1Sc1nc2ccccc2o1. The lowest BCUT2D eigenvalue weighted by Gasteiger charge is -2.46. The number of halogens is 1. The molecule has 8 heteroatoms. The predicted molar refractivity (Wildman–Crippen MR) is 173 cm³/mol. The van der Waals surface area contributed by atoms with Crippen LogP contribution in [-0.4, -0.2) is 22.5 Å². The lowest BCUT2D eigenvalue weighted by Crippen LogP contribution is -2.47. The van der Waals surface area contributed by atoms with Crippen molar-refractivity contribution in [3.63, 3.8) is 0 Å². The normalized spacial score (nSPS) is 28.5. The van der Waals surface area contributed by atoms with Gasteiger partial charge in [-0.1, -0.05) is 62.7 Å². The first-order valence-electron chi connectivity index (χ1n) is 15.5. The maximum Gasteiger partial charge on any atom is 0.339 e. The Hall–Kier alpha value is -3.29. The van der Waals surface area contributed by atoms with Crippen molar-refractivity contribution < 1.29 is 18.7 Å². The number of hydrogen-bond donors (Lipinski definition) is 1. The van der Waals surface area contributed by atoms with Gasteiger partial charge in [0.05, 0.1) is 16.3 Å². The number of anilines is 1. The van der Waals surface area contributed by atoms with E-state index in [9.17, 15) is 9.59 Å². The Kier molecular flexibility index (Phi) is 7.13. The highest BCUT2D eigenvalue weighted by Crippen LogP contribution is 2.73. The molecule has 1 aromatic heterocycles. The zero-order valence-corrected chi connectivity index (χ0v) is 27.1. The van der Waals surface area contributed by atoms with E-state index in [0.29, 0.717) is 54.8 Å². The Morgan fingerprint density at radius 1 is 1.00 bits per heavy atom. The fourth-order valence-electron chi connectivity index (χ4n) is 8.91. The summed E-state index contributed by atoms with van der Waals surface area (Å²) in [6.45, 7) is 9.31. The number of benzene rings is 3. The molecule has 1 amide bonds. The lowest BCUT2D eigenvalue weighted by molar-refractivity contribution is -0.0884. The molecule has 3 saturated carbocycles. The fourth-order valence-corrected chi connectivity index (χ4v) is 10.1. The number of rotatable bonds is 6. The first-order chi connectivity index (χ1) is 21.0. The van der Waals surface area contributed by atoms with Gasteiger partial charge in [-0.2, -0.15) is 0 Å². The van der Waals surface area contributed by atoms with Gasteiger partial charge in [0.15, 0.2) is 5.58 Å². The number of carbonyl (C=O) groups excluding carboxylic acids is 2. The Labute approximate surface area is 267 Å². The molecule has 0 radical (unpaired) electrons. The van der Waals surface area contributed by atoms with Gasteiger partial charge in [0.1, 0.15) is 11.1 Å². The number of hydrogen-bond acceptors (Lipinski definition) is 6. The monoisotopic (exact) mass is 628 g/mol. The second-order valence-corrected chi connectivity index (χ2v) is 15.1. The molecule has 4 aromatic rings. The highest BCUT2D eigenvalue weighted by Gasteiger charge is 2.69. The van der Waals surface area contributed by atoms with E-state index in [2.05, 4.69) is 38.0 Å². The first kappa shape index (κ1) is 29.4. The number of oxazole rings is 1. The van der Waals surface area contributed by atoms with Crippen LogP contribution in [0.15, 0.2) is 81.3 Å². The van der Waals surface area contributed by atoms with E-state index < -0.39 is 11.6 Å². The Balaban J connectivity index is 1.23. The summed E-state index contributed by atoms with van der Waals surface area (Å²) < 4.78 is 12.6. The maximum atomic E-state index is 14.3.